The van der Waals surface area contributed by atoms with E-state index in [1.807, 2.05) is 4.90 Å². The molecule has 7 heteroatoms. The molecule has 1 atom stereocenters. The Hall–Kier alpha value is -1.99. The van der Waals surface area contributed by atoms with Gasteiger partial charge in [0.2, 0.25) is 11.8 Å². The second-order valence-electron chi connectivity index (χ2n) is 7.99. The summed E-state index contributed by atoms with van der Waals surface area (Å²) in [5, 5.41) is 2.82. The van der Waals surface area contributed by atoms with E-state index in [4.69, 9.17) is 4.74 Å². The molecule has 2 fully saturated rings. The normalized spacial score (nSPS) is 23.2. The first kappa shape index (κ1) is 20.7. The van der Waals surface area contributed by atoms with Gasteiger partial charge >= 0.3 is 0 Å². The first-order valence-electron chi connectivity index (χ1n) is 10.0. The van der Waals surface area contributed by atoms with Gasteiger partial charge in [0.15, 0.2) is 0 Å². The lowest BCUT2D eigenvalue weighted by Gasteiger charge is -2.48. The van der Waals surface area contributed by atoms with Crippen LogP contribution in [0.3, 0.4) is 0 Å². The number of nitrogens with zero attached hydrogens (tertiary/aromatic N) is 2. The molecule has 1 aromatic carbocycles. The van der Waals surface area contributed by atoms with Crippen LogP contribution in [0.5, 0.6) is 0 Å². The zero-order valence-electron chi connectivity index (χ0n) is 16.6. The molecule has 28 heavy (non-hydrogen) atoms. The van der Waals surface area contributed by atoms with E-state index in [1.165, 1.54) is 6.07 Å². The van der Waals surface area contributed by atoms with Crippen molar-refractivity contribution in [2.24, 2.45) is 5.41 Å². The zero-order chi connectivity index (χ0) is 20.0. The van der Waals surface area contributed by atoms with Gasteiger partial charge in [-0.3, -0.25) is 14.5 Å². The van der Waals surface area contributed by atoms with Gasteiger partial charge in [-0.25, -0.2) is 4.39 Å². The maximum atomic E-state index is 13.7. The van der Waals surface area contributed by atoms with Crippen LogP contribution in [0.25, 0.3) is 0 Å². The van der Waals surface area contributed by atoms with Gasteiger partial charge < -0.3 is 15.0 Å². The molecule has 1 spiro atoms. The molecule has 154 valence electrons. The molecule has 2 saturated heterocycles. The lowest BCUT2D eigenvalue weighted by molar-refractivity contribution is -0.141. The summed E-state index contributed by atoms with van der Waals surface area (Å²) in [5.41, 5.74) is 0.552. The van der Waals surface area contributed by atoms with Gasteiger partial charge in [-0.2, -0.15) is 0 Å². The third-order valence-corrected chi connectivity index (χ3v) is 5.86. The first-order chi connectivity index (χ1) is 13.5. The number of methoxy groups -OCH3 is 1. The van der Waals surface area contributed by atoms with Crippen molar-refractivity contribution in [1.82, 2.24) is 15.1 Å². The largest absolute Gasteiger partial charge is 0.383 e. The van der Waals surface area contributed by atoms with Gasteiger partial charge in [-0.05, 0) is 31.9 Å². The number of carbonyl (C=O) groups is 2. The summed E-state index contributed by atoms with van der Waals surface area (Å²) in [6, 6.07) is 6.48. The quantitative estimate of drug-likeness (QED) is 0.770. The Kier molecular flexibility index (Phi) is 7.02. The van der Waals surface area contributed by atoms with Crippen molar-refractivity contribution < 1.29 is 18.7 Å². The molecule has 6 nitrogen and oxygen atoms in total. The summed E-state index contributed by atoms with van der Waals surface area (Å²) in [7, 11) is 1.65. The van der Waals surface area contributed by atoms with Crippen molar-refractivity contribution in [3.63, 3.8) is 0 Å². The van der Waals surface area contributed by atoms with Crippen molar-refractivity contribution in [3.8, 4) is 0 Å². The number of ether oxygens (including phenoxy) is 1. The fraction of sp³-hybridized carbons (Fsp3) is 0.619. The van der Waals surface area contributed by atoms with E-state index in [1.54, 1.807) is 25.3 Å². The Balaban J connectivity index is 1.52. The number of rotatable bonds is 7. The Morgan fingerprint density at radius 1 is 1.29 bits per heavy atom. The predicted molar refractivity (Wildman–Crippen MR) is 104 cm³/mol. The molecular weight excluding hydrogens is 361 g/mol. The van der Waals surface area contributed by atoms with Crippen LogP contribution >= 0.6 is 0 Å². The molecule has 2 heterocycles. The number of hydrogen-bond acceptors (Lipinski definition) is 4. The minimum Gasteiger partial charge on any atom is -0.383 e. The van der Waals surface area contributed by atoms with Crippen LogP contribution in [-0.2, 0) is 20.9 Å². The van der Waals surface area contributed by atoms with Crippen LogP contribution in [0.1, 0.15) is 31.2 Å². The number of likely N-dealkylation sites (tertiary alicyclic amines) is 2. The van der Waals surface area contributed by atoms with Crippen LogP contribution in [0.4, 0.5) is 4.39 Å². The number of benzene rings is 1. The van der Waals surface area contributed by atoms with E-state index in [0.29, 0.717) is 31.7 Å². The van der Waals surface area contributed by atoms with Crippen LogP contribution in [-0.4, -0.2) is 68.1 Å². The van der Waals surface area contributed by atoms with Gasteiger partial charge in [0.05, 0.1) is 13.2 Å². The summed E-state index contributed by atoms with van der Waals surface area (Å²) in [5.74, 6) is -0.200. The second kappa shape index (κ2) is 9.47. The van der Waals surface area contributed by atoms with Gasteiger partial charge in [0.25, 0.3) is 0 Å². The molecule has 2 aliphatic heterocycles. The summed E-state index contributed by atoms with van der Waals surface area (Å²) >= 11 is 0. The molecule has 2 amide bonds. The maximum Gasteiger partial charge on any atom is 0.234 e. The maximum absolute atomic E-state index is 13.7. The van der Waals surface area contributed by atoms with Crippen LogP contribution in [0.2, 0.25) is 0 Å². The minimum absolute atomic E-state index is 0.0612. The highest BCUT2D eigenvalue weighted by Crippen LogP contribution is 2.38. The Morgan fingerprint density at radius 2 is 2.11 bits per heavy atom. The van der Waals surface area contributed by atoms with Crippen LogP contribution < -0.4 is 5.32 Å². The minimum atomic E-state index is -0.303. The van der Waals surface area contributed by atoms with Gasteiger partial charge in [-0.1, -0.05) is 18.2 Å². The summed E-state index contributed by atoms with van der Waals surface area (Å²) in [6.45, 7) is 4.11. The number of nitrogens with one attached hydrogen (secondary N) is 1. The number of amides is 2. The fourth-order valence-corrected chi connectivity index (χ4v) is 4.38. The molecule has 0 saturated carbocycles. The van der Waals surface area contributed by atoms with Gasteiger partial charge in [0.1, 0.15) is 5.82 Å². The van der Waals surface area contributed by atoms with E-state index >= 15 is 0 Å². The molecule has 0 radical (unpaired) electrons. The van der Waals surface area contributed by atoms with Crippen molar-refractivity contribution in [2.75, 3.05) is 46.4 Å². The zero-order valence-corrected chi connectivity index (χ0v) is 16.6. The van der Waals surface area contributed by atoms with E-state index in [2.05, 4.69) is 10.2 Å². The monoisotopic (exact) mass is 391 g/mol. The average molecular weight is 391 g/mol. The average Bonchev–Trinajstić information content (AvgIpc) is 2.68. The number of carbonyl (C=O) groups excluding carboxylic acids is 2. The molecule has 0 unspecified atom stereocenters. The molecule has 3 rings (SSSR count). The van der Waals surface area contributed by atoms with Crippen molar-refractivity contribution in [3.05, 3.63) is 35.6 Å². The molecule has 0 aliphatic carbocycles. The summed E-state index contributed by atoms with van der Waals surface area (Å²) in [6.07, 6.45) is 3.55. The molecule has 2 aliphatic rings. The van der Waals surface area contributed by atoms with E-state index in [0.717, 1.165) is 38.9 Å². The third-order valence-electron chi connectivity index (χ3n) is 5.86. The highest BCUT2D eigenvalue weighted by Gasteiger charge is 2.41. The van der Waals surface area contributed by atoms with E-state index < -0.39 is 0 Å². The smallest absolute Gasteiger partial charge is 0.234 e. The Morgan fingerprint density at radius 3 is 2.89 bits per heavy atom. The highest BCUT2D eigenvalue weighted by atomic mass is 19.1. The van der Waals surface area contributed by atoms with Crippen molar-refractivity contribution >= 4 is 11.8 Å². The molecule has 1 aromatic rings. The first-order valence-corrected chi connectivity index (χ1v) is 10.0. The number of hydrogen-bond donors (Lipinski definition) is 1. The molecular formula is C21H30FN3O3. The van der Waals surface area contributed by atoms with E-state index in [-0.39, 0.29) is 29.6 Å². The summed E-state index contributed by atoms with van der Waals surface area (Å²) in [4.78, 5) is 28.6. The molecule has 0 aromatic heterocycles. The van der Waals surface area contributed by atoms with Crippen molar-refractivity contribution in [1.29, 1.82) is 0 Å². The Bertz CT molecular complexity index is 699. The highest BCUT2D eigenvalue weighted by molar-refractivity contribution is 5.78. The lowest BCUT2D eigenvalue weighted by Crippen LogP contribution is -2.55. The van der Waals surface area contributed by atoms with E-state index in [9.17, 15) is 14.0 Å². The lowest BCUT2D eigenvalue weighted by atomic mass is 9.73. The van der Waals surface area contributed by atoms with Crippen LogP contribution in [0.15, 0.2) is 24.3 Å². The standard InChI is InChI=1S/C21H30FN3O3/c1-28-12-11-25-16-21(9-7-20(25)27)8-4-10-24(15-21)14-19(26)23-13-17-5-2-3-6-18(17)22/h2-3,5-6H,4,7-16H2,1H3,(H,23,26)/t21-/m1/s1. The number of halogens is 1. The molecule has 1 N–H and O–H groups in total. The van der Waals surface area contributed by atoms with Crippen LogP contribution in [0, 0.1) is 11.2 Å². The topological polar surface area (TPSA) is 61.9 Å². The summed E-state index contributed by atoms with van der Waals surface area (Å²) < 4.78 is 18.8. The third kappa shape index (κ3) is 5.29. The predicted octanol–water partition coefficient (Wildman–Crippen LogP) is 1.79. The SMILES string of the molecule is COCCN1C[C@]2(CCCN(CC(=O)NCc3ccccc3F)C2)CCC1=O. The molecule has 0 bridgehead atoms. The van der Waals surface area contributed by atoms with Gasteiger partial charge in [-0.15, -0.1) is 0 Å². The number of piperidine rings is 2. The Labute approximate surface area is 166 Å². The fourth-order valence-electron chi connectivity index (χ4n) is 4.38. The second-order valence-corrected chi connectivity index (χ2v) is 7.99. The van der Waals surface area contributed by atoms with Gasteiger partial charge in [0, 0.05) is 50.7 Å². The van der Waals surface area contributed by atoms with Crippen molar-refractivity contribution in [2.45, 2.75) is 32.2 Å².